The van der Waals surface area contributed by atoms with Crippen molar-refractivity contribution in [2.75, 3.05) is 24.5 Å². The van der Waals surface area contributed by atoms with Gasteiger partial charge in [-0.1, -0.05) is 0 Å². The minimum absolute atomic E-state index is 0.0151. The van der Waals surface area contributed by atoms with Gasteiger partial charge in [0.1, 0.15) is 0 Å². The van der Waals surface area contributed by atoms with E-state index in [4.69, 9.17) is 10.8 Å². The van der Waals surface area contributed by atoms with Crippen LogP contribution < -0.4 is 10.6 Å². The highest BCUT2D eigenvalue weighted by atomic mass is 16.4. The molecule has 1 saturated heterocycles. The highest BCUT2D eigenvalue weighted by Gasteiger charge is 2.31. The smallest absolute Gasteiger partial charge is 0.319 e. The summed E-state index contributed by atoms with van der Waals surface area (Å²) in [4.78, 5) is 29.4. The minimum atomic E-state index is -1.21. The second-order valence-electron chi connectivity index (χ2n) is 5.96. The third-order valence-corrected chi connectivity index (χ3v) is 4.52. The fraction of sp³-hybridized carbons (Fsp3) is 0.438. The van der Waals surface area contributed by atoms with Crippen molar-refractivity contribution >= 4 is 29.3 Å². The number of piperidine rings is 1. The second kappa shape index (κ2) is 6.10. The molecule has 0 saturated carbocycles. The molecule has 0 aromatic heterocycles. The number of rotatable bonds is 3. The number of aliphatic imine (C=N–C) groups is 1. The van der Waals surface area contributed by atoms with Crippen LogP contribution in [0.3, 0.4) is 0 Å². The number of nitrogens with zero attached hydrogens (tertiary/aromatic N) is 2. The summed E-state index contributed by atoms with van der Waals surface area (Å²) in [7, 11) is 0. The molecule has 122 valence electrons. The van der Waals surface area contributed by atoms with Crippen LogP contribution in [0.4, 0.5) is 11.4 Å². The Labute approximate surface area is 133 Å². The number of Topliss-reactive ketones (excluding diaryl/α,β-unsaturated/α-hetero) is 1. The lowest BCUT2D eigenvalue weighted by molar-refractivity contribution is -0.137. The van der Waals surface area contributed by atoms with Crippen LogP contribution in [-0.4, -0.2) is 53.9 Å². The van der Waals surface area contributed by atoms with Crippen molar-refractivity contribution in [1.29, 1.82) is 0 Å². The van der Waals surface area contributed by atoms with Gasteiger partial charge < -0.3 is 20.8 Å². The van der Waals surface area contributed by atoms with Crippen LogP contribution in [-0.2, 0) is 4.79 Å². The average Bonchev–Trinajstić information content (AvgIpc) is 2.55. The number of hydrogen-bond donors (Lipinski definition) is 3. The quantitative estimate of drug-likeness (QED) is 0.696. The molecule has 7 nitrogen and oxygen atoms in total. The maximum Gasteiger partial charge on any atom is 0.319 e. The molecular formula is C16H19N3O4. The number of hydrogen-bond acceptors (Lipinski definition) is 6. The predicted octanol–water partition coefficient (Wildman–Crippen LogP) is 0.432. The molecule has 1 fully saturated rings. The van der Waals surface area contributed by atoms with Gasteiger partial charge in [0.05, 0.1) is 11.8 Å². The van der Waals surface area contributed by atoms with Crippen molar-refractivity contribution in [2.24, 2.45) is 22.6 Å². The Kier molecular flexibility index (Phi) is 4.14. The van der Waals surface area contributed by atoms with E-state index in [1.807, 2.05) is 0 Å². The Balaban J connectivity index is 1.85. The zero-order valence-electron chi connectivity index (χ0n) is 12.6. The maximum absolute atomic E-state index is 12.2. The van der Waals surface area contributed by atoms with Crippen LogP contribution in [0.1, 0.15) is 16.8 Å². The molecule has 7 heteroatoms. The fourth-order valence-corrected chi connectivity index (χ4v) is 3.08. The zero-order chi connectivity index (χ0) is 16.6. The summed E-state index contributed by atoms with van der Waals surface area (Å²) in [5.74, 6) is -2.83. The predicted molar refractivity (Wildman–Crippen MR) is 85.4 cm³/mol. The van der Waals surface area contributed by atoms with E-state index < -0.39 is 17.7 Å². The third kappa shape index (κ3) is 2.85. The lowest BCUT2D eigenvalue weighted by atomic mass is 9.92. The van der Waals surface area contributed by atoms with Gasteiger partial charge in [-0.05, 0) is 31.2 Å². The van der Waals surface area contributed by atoms with Crippen LogP contribution >= 0.6 is 0 Å². The number of anilines is 1. The maximum atomic E-state index is 12.2. The van der Waals surface area contributed by atoms with Crippen LogP contribution in [0.5, 0.6) is 0 Å². The molecule has 1 aromatic rings. The van der Waals surface area contributed by atoms with Crippen LogP contribution in [0.2, 0.25) is 0 Å². The number of carbonyl (C=O) groups excluding carboxylic acids is 1. The second-order valence-corrected chi connectivity index (χ2v) is 5.96. The Hall–Kier alpha value is -2.25. The van der Waals surface area contributed by atoms with Crippen molar-refractivity contribution in [3.05, 3.63) is 23.8 Å². The number of aliphatic hydroxyl groups is 1. The van der Waals surface area contributed by atoms with Crippen molar-refractivity contribution in [3.8, 4) is 0 Å². The first-order valence-electron chi connectivity index (χ1n) is 7.59. The van der Waals surface area contributed by atoms with E-state index in [-0.39, 0.29) is 12.0 Å². The molecule has 2 heterocycles. The van der Waals surface area contributed by atoms with Crippen molar-refractivity contribution in [3.63, 3.8) is 0 Å². The number of carbonyl (C=O) groups is 2. The van der Waals surface area contributed by atoms with Gasteiger partial charge in [-0.2, -0.15) is 0 Å². The number of carboxylic acid groups (broad SMARTS) is 1. The summed E-state index contributed by atoms with van der Waals surface area (Å²) in [5, 5.41) is 18.9. The molecule has 0 aliphatic carbocycles. The zero-order valence-corrected chi connectivity index (χ0v) is 12.6. The molecule has 0 amide bonds. The number of ketones is 1. The van der Waals surface area contributed by atoms with E-state index >= 15 is 0 Å². The number of benzene rings is 1. The largest absolute Gasteiger partial charge is 0.480 e. The van der Waals surface area contributed by atoms with Gasteiger partial charge in [0.15, 0.2) is 11.7 Å². The lowest BCUT2D eigenvalue weighted by Crippen LogP contribution is -2.46. The van der Waals surface area contributed by atoms with E-state index in [2.05, 4.69) is 9.89 Å². The highest BCUT2D eigenvalue weighted by molar-refractivity contribution is 6.22. The van der Waals surface area contributed by atoms with Gasteiger partial charge in [0.2, 0.25) is 0 Å². The number of fused-ring (bicyclic) bond motifs is 1. The van der Waals surface area contributed by atoms with Crippen molar-refractivity contribution in [1.82, 2.24) is 0 Å². The Morgan fingerprint density at radius 3 is 2.91 bits per heavy atom. The lowest BCUT2D eigenvalue weighted by Gasteiger charge is -2.37. The Bertz CT molecular complexity index is 673. The van der Waals surface area contributed by atoms with Crippen LogP contribution in [0.15, 0.2) is 23.2 Å². The fourth-order valence-electron chi connectivity index (χ4n) is 3.08. The molecule has 2 aliphatic rings. The third-order valence-electron chi connectivity index (χ3n) is 4.52. The number of aliphatic carboxylic acids is 1. The SMILES string of the molecule is NCC1CN(c2ccc3c(c2)N=CC(C(=O)O)C3=O)CCC1O. The van der Waals surface area contributed by atoms with Gasteiger partial charge >= 0.3 is 5.97 Å². The number of carboxylic acids is 1. The Morgan fingerprint density at radius 1 is 1.43 bits per heavy atom. The average molecular weight is 317 g/mol. The van der Waals surface area contributed by atoms with Crippen LogP contribution in [0, 0.1) is 11.8 Å². The first kappa shape index (κ1) is 15.6. The molecule has 23 heavy (non-hydrogen) atoms. The molecule has 3 unspecified atom stereocenters. The van der Waals surface area contributed by atoms with E-state index in [0.29, 0.717) is 37.3 Å². The van der Waals surface area contributed by atoms with Gasteiger partial charge in [0.25, 0.3) is 0 Å². The molecule has 3 atom stereocenters. The van der Waals surface area contributed by atoms with Gasteiger partial charge in [0, 0.05) is 36.5 Å². The molecular weight excluding hydrogens is 298 g/mol. The van der Waals surface area contributed by atoms with E-state index in [1.54, 1.807) is 18.2 Å². The van der Waals surface area contributed by atoms with Crippen molar-refractivity contribution in [2.45, 2.75) is 12.5 Å². The van der Waals surface area contributed by atoms with Gasteiger partial charge in [-0.15, -0.1) is 0 Å². The highest BCUT2D eigenvalue weighted by Crippen LogP contribution is 2.32. The molecule has 0 spiro atoms. The number of aliphatic hydroxyl groups excluding tert-OH is 1. The molecule has 3 rings (SSSR count). The van der Waals surface area contributed by atoms with Gasteiger partial charge in [-0.25, -0.2) is 0 Å². The summed E-state index contributed by atoms with van der Waals surface area (Å²) in [6, 6.07) is 5.21. The van der Waals surface area contributed by atoms with Gasteiger partial charge in [-0.3, -0.25) is 14.6 Å². The molecule has 4 N–H and O–H groups in total. The summed E-state index contributed by atoms with van der Waals surface area (Å²) in [5.41, 5.74) is 7.41. The first-order valence-corrected chi connectivity index (χ1v) is 7.59. The standard InChI is InChI=1S/C16H19N3O4/c17-6-9-8-19(4-3-14(9)20)10-1-2-11-13(5-10)18-7-12(15(11)21)16(22)23/h1-2,5,7,9,12,14,20H,3-4,6,8,17H2,(H,22,23). The summed E-state index contributed by atoms with van der Waals surface area (Å²) < 4.78 is 0. The molecule has 0 bridgehead atoms. The number of nitrogens with two attached hydrogens (primary N) is 1. The first-order chi connectivity index (χ1) is 11.0. The van der Waals surface area contributed by atoms with E-state index in [0.717, 1.165) is 5.69 Å². The topological polar surface area (TPSA) is 116 Å². The molecule has 1 aromatic carbocycles. The summed E-state index contributed by atoms with van der Waals surface area (Å²) >= 11 is 0. The van der Waals surface area contributed by atoms with Crippen molar-refractivity contribution < 1.29 is 19.8 Å². The minimum Gasteiger partial charge on any atom is -0.480 e. The van der Waals surface area contributed by atoms with E-state index in [1.165, 1.54) is 6.21 Å². The normalized spacial score (nSPS) is 27.0. The molecule has 0 radical (unpaired) electrons. The van der Waals surface area contributed by atoms with Crippen LogP contribution in [0.25, 0.3) is 0 Å². The Morgan fingerprint density at radius 2 is 2.22 bits per heavy atom. The summed E-state index contributed by atoms with van der Waals surface area (Å²) in [6.07, 6.45) is 1.44. The van der Waals surface area contributed by atoms with E-state index in [9.17, 15) is 14.7 Å². The molecule has 2 aliphatic heterocycles. The monoisotopic (exact) mass is 317 g/mol. The summed E-state index contributed by atoms with van der Waals surface area (Å²) in [6.45, 7) is 1.76.